The molecule has 0 bridgehead atoms. The average molecular weight is 419 g/mol. The van der Waals surface area contributed by atoms with Crippen molar-refractivity contribution in [3.63, 3.8) is 0 Å². The van der Waals surface area contributed by atoms with Gasteiger partial charge in [0.1, 0.15) is 0 Å². The van der Waals surface area contributed by atoms with E-state index >= 15 is 0 Å². The van der Waals surface area contributed by atoms with Gasteiger partial charge in [0.2, 0.25) is 0 Å². The second-order valence-electron chi connectivity index (χ2n) is 4.76. The van der Waals surface area contributed by atoms with Gasteiger partial charge in [-0.05, 0) is 35.9 Å². The normalized spacial score (nSPS) is 10.7. The van der Waals surface area contributed by atoms with Crippen molar-refractivity contribution in [3.8, 4) is 0 Å². The number of esters is 1. The van der Waals surface area contributed by atoms with Gasteiger partial charge in [-0.1, -0.05) is 58.5 Å². The van der Waals surface area contributed by atoms with E-state index in [1.54, 1.807) is 36.4 Å². The highest BCUT2D eigenvalue weighted by Gasteiger charge is 2.10. The first kappa shape index (κ1) is 19.6. The molecule has 0 aliphatic heterocycles. The highest BCUT2D eigenvalue weighted by molar-refractivity contribution is 6.44. The number of anilines is 1. The van der Waals surface area contributed by atoms with E-state index in [0.29, 0.717) is 26.3 Å². The monoisotopic (exact) mass is 417 g/mol. The molecule has 25 heavy (non-hydrogen) atoms. The molecule has 0 spiro atoms. The van der Waals surface area contributed by atoms with Gasteiger partial charge in [0.05, 0.1) is 15.7 Å². The largest absolute Gasteiger partial charge is 0.452 e. The van der Waals surface area contributed by atoms with Crippen LogP contribution < -0.4 is 5.32 Å². The Hall–Kier alpha value is -1.72. The predicted octanol–water partition coefficient (Wildman–Crippen LogP) is 5.50. The third-order valence-corrected chi connectivity index (χ3v) is 4.31. The molecule has 8 heteroatoms. The Morgan fingerprint density at radius 2 is 1.80 bits per heavy atom. The van der Waals surface area contributed by atoms with Gasteiger partial charge in [0, 0.05) is 16.1 Å². The summed E-state index contributed by atoms with van der Waals surface area (Å²) >= 11 is 23.6. The van der Waals surface area contributed by atoms with Crippen LogP contribution in [-0.2, 0) is 14.3 Å². The van der Waals surface area contributed by atoms with Crippen molar-refractivity contribution in [2.24, 2.45) is 0 Å². The number of benzene rings is 2. The van der Waals surface area contributed by atoms with E-state index < -0.39 is 18.5 Å². The SMILES string of the molecule is O=C(COC(=O)C=Cc1ccc(Cl)cc1Cl)Nc1cccc(Cl)c1Cl. The number of carbonyl (C=O) groups is 2. The van der Waals surface area contributed by atoms with Crippen molar-refractivity contribution in [2.45, 2.75) is 0 Å². The van der Waals surface area contributed by atoms with Gasteiger partial charge in [0.15, 0.2) is 6.61 Å². The van der Waals surface area contributed by atoms with Gasteiger partial charge >= 0.3 is 5.97 Å². The number of nitrogens with one attached hydrogen (secondary N) is 1. The lowest BCUT2D eigenvalue weighted by Crippen LogP contribution is -2.20. The lowest BCUT2D eigenvalue weighted by atomic mass is 10.2. The summed E-state index contributed by atoms with van der Waals surface area (Å²) in [5.74, 6) is -1.24. The van der Waals surface area contributed by atoms with Crippen LogP contribution in [0.15, 0.2) is 42.5 Å². The zero-order valence-corrected chi connectivity index (χ0v) is 15.6. The van der Waals surface area contributed by atoms with Crippen LogP contribution in [0.3, 0.4) is 0 Å². The molecule has 0 radical (unpaired) electrons. The summed E-state index contributed by atoms with van der Waals surface area (Å²) in [5.41, 5.74) is 0.928. The number of halogens is 4. The van der Waals surface area contributed by atoms with E-state index in [0.717, 1.165) is 6.08 Å². The summed E-state index contributed by atoms with van der Waals surface area (Å²) in [5, 5.41) is 3.90. The summed E-state index contributed by atoms with van der Waals surface area (Å²) in [7, 11) is 0. The summed E-state index contributed by atoms with van der Waals surface area (Å²) in [6.07, 6.45) is 2.63. The topological polar surface area (TPSA) is 55.4 Å². The van der Waals surface area contributed by atoms with Crippen molar-refractivity contribution in [3.05, 3.63) is 68.1 Å². The molecule has 0 aliphatic rings. The Kier molecular flexibility index (Phi) is 7.14. The van der Waals surface area contributed by atoms with E-state index in [1.807, 2.05) is 0 Å². The van der Waals surface area contributed by atoms with Crippen molar-refractivity contribution < 1.29 is 14.3 Å². The van der Waals surface area contributed by atoms with E-state index in [1.165, 1.54) is 6.08 Å². The molecule has 0 aliphatic carbocycles. The molecule has 2 aromatic carbocycles. The third kappa shape index (κ3) is 5.94. The molecule has 4 nitrogen and oxygen atoms in total. The minimum Gasteiger partial charge on any atom is -0.452 e. The molecule has 0 unspecified atom stereocenters. The molecular weight excluding hydrogens is 408 g/mol. The maximum absolute atomic E-state index is 11.8. The Morgan fingerprint density at radius 3 is 2.52 bits per heavy atom. The zero-order chi connectivity index (χ0) is 18.4. The minimum atomic E-state index is -0.696. The molecule has 0 saturated heterocycles. The Morgan fingerprint density at radius 1 is 1.04 bits per heavy atom. The summed E-state index contributed by atoms with van der Waals surface area (Å²) in [4.78, 5) is 23.5. The molecule has 0 atom stereocenters. The van der Waals surface area contributed by atoms with Gasteiger partial charge in [-0.3, -0.25) is 4.79 Å². The van der Waals surface area contributed by atoms with E-state index in [4.69, 9.17) is 51.1 Å². The minimum absolute atomic E-state index is 0.209. The fourth-order valence-electron chi connectivity index (χ4n) is 1.77. The Labute approximate surface area is 164 Å². The molecular formula is C17H11Cl4NO3. The molecule has 1 N–H and O–H groups in total. The molecule has 2 aromatic rings. The van der Waals surface area contributed by atoms with Gasteiger partial charge < -0.3 is 10.1 Å². The second-order valence-corrected chi connectivity index (χ2v) is 6.39. The van der Waals surface area contributed by atoms with Crippen molar-refractivity contribution in [1.29, 1.82) is 0 Å². The molecule has 0 heterocycles. The number of ether oxygens (including phenoxy) is 1. The highest BCUT2D eigenvalue weighted by Crippen LogP contribution is 2.29. The summed E-state index contributed by atoms with van der Waals surface area (Å²) < 4.78 is 4.85. The first-order valence-electron chi connectivity index (χ1n) is 6.90. The maximum Gasteiger partial charge on any atom is 0.331 e. The molecule has 1 amide bonds. The molecule has 0 aromatic heterocycles. The average Bonchev–Trinajstić information content (AvgIpc) is 2.56. The fourth-order valence-corrected chi connectivity index (χ4v) is 2.59. The van der Waals surface area contributed by atoms with Crippen LogP contribution in [0, 0.1) is 0 Å². The first-order chi connectivity index (χ1) is 11.9. The lowest BCUT2D eigenvalue weighted by Gasteiger charge is -2.08. The summed E-state index contributed by atoms with van der Waals surface area (Å²) in [6, 6.07) is 9.65. The Balaban J connectivity index is 1.88. The van der Waals surface area contributed by atoms with Gasteiger partial charge in [0.25, 0.3) is 5.91 Å². The van der Waals surface area contributed by atoms with E-state index in [-0.39, 0.29) is 5.02 Å². The molecule has 0 saturated carbocycles. The summed E-state index contributed by atoms with van der Waals surface area (Å²) in [6.45, 7) is -0.472. The quantitative estimate of drug-likeness (QED) is 0.515. The standard InChI is InChI=1S/C17H11Cl4NO3/c18-11-6-4-10(13(20)8-11)5-7-16(24)25-9-15(23)22-14-3-1-2-12(19)17(14)21/h1-8H,9H2,(H,22,23). The fraction of sp³-hybridized carbons (Fsp3) is 0.0588. The van der Waals surface area contributed by atoms with Crippen LogP contribution in [0.2, 0.25) is 20.1 Å². The molecule has 130 valence electrons. The van der Waals surface area contributed by atoms with Crippen LogP contribution in [-0.4, -0.2) is 18.5 Å². The van der Waals surface area contributed by atoms with Crippen LogP contribution in [0.5, 0.6) is 0 Å². The number of carbonyl (C=O) groups excluding carboxylic acids is 2. The van der Waals surface area contributed by atoms with Crippen LogP contribution in [0.1, 0.15) is 5.56 Å². The second kappa shape index (κ2) is 9.11. The van der Waals surface area contributed by atoms with Crippen LogP contribution in [0.25, 0.3) is 6.08 Å². The number of amides is 1. The number of hydrogen-bond acceptors (Lipinski definition) is 3. The van der Waals surface area contributed by atoms with Gasteiger partial charge in [-0.15, -0.1) is 0 Å². The van der Waals surface area contributed by atoms with Gasteiger partial charge in [-0.25, -0.2) is 4.79 Å². The maximum atomic E-state index is 11.8. The van der Waals surface area contributed by atoms with Crippen molar-refractivity contribution in [2.75, 3.05) is 11.9 Å². The first-order valence-corrected chi connectivity index (χ1v) is 8.42. The van der Waals surface area contributed by atoms with Crippen LogP contribution >= 0.6 is 46.4 Å². The molecule has 2 rings (SSSR count). The third-order valence-electron chi connectivity index (χ3n) is 2.93. The smallest absolute Gasteiger partial charge is 0.331 e. The Bertz CT molecular complexity index is 837. The lowest BCUT2D eigenvalue weighted by molar-refractivity contribution is -0.142. The highest BCUT2D eigenvalue weighted by atomic mass is 35.5. The van der Waals surface area contributed by atoms with Crippen molar-refractivity contribution in [1.82, 2.24) is 0 Å². The number of rotatable bonds is 5. The zero-order valence-electron chi connectivity index (χ0n) is 12.6. The molecule has 0 fully saturated rings. The predicted molar refractivity (Wildman–Crippen MR) is 102 cm³/mol. The van der Waals surface area contributed by atoms with Gasteiger partial charge in [-0.2, -0.15) is 0 Å². The number of hydrogen-bond donors (Lipinski definition) is 1. The van der Waals surface area contributed by atoms with E-state index in [9.17, 15) is 9.59 Å². The van der Waals surface area contributed by atoms with E-state index in [2.05, 4.69) is 5.32 Å². The van der Waals surface area contributed by atoms with Crippen LogP contribution in [0.4, 0.5) is 5.69 Å². The van der Waals surface area contributed by atoms with Crippen molar-refractivity contribution >= 4 is 70.0 Å².